The Hall–Kier alpha value is -2.80. The van der Waals surface area contributed by atoms with E-state index < -0.39 is 5.97 Å². The van der Waals surface area contributed by atoms with Crippen molar-refractivity contribution in [1.29, 1.82) is 0 Å². The lowest BCUT2D eigenvalue weighted by molar-refractivity contribution is 0.0696. The van der Waals surface area contributed by atoms with Gasteiger partial charge in [0.1, 0.15) is 0 Å². The number of hydrogen-bond acceptors (Lipinski definition) is 5. The zero-order chi connectivity index (χ0) is 18.0. The molecule has 3 aromatic rings. The second-order valence-electron chi connectivity index (χ2n) is 5.05. The largest absolute Gasteiger partial charge is 0.492 e. The Kier molecular flexibility index (Phi) is 4.76. The number of carbonyl (C=O) groups is 1. The predicted octanol–water partition coefficient (Wildman–Crippen LogP) is 4.49. The number of carboxylic acid groups (broad SMARTS) is 1. The van der Waals surface area contributed by atoms with Crippen LogP contribution in [-0.4, -0.2) is 30.5 Å². The number of ether oxygens (including phenoxy) is 2. The minimum Gasteiger partial charge on any atom is -0.492 e. The number of nitrogens with zero attached hydrogens (tertiary/aromatic N) is 1. The average molecular weight is 404 g/mol. The minimum absolute atomic E-state index is 0.00764. The summed E-state index contributed by atoms with van der Waals surface area (Å²) in [6.07, 6.45) is 1.46. The van der Waals surface area contributed by atoms with Crippen molar-refractivity contribution >= 4 is 21.9 Å². The Morgan fingerprint density at radius 2 is 1.76 bits per heavy atom. The van der Waals surface area contributed by atoms with Gasteiger partial charge in [0, 0.05) is 17.2 Å². The number of rotatable bonds is 5. The van der Waals surface area contributed by atoms with Gasteiger partial charge in [0.05, 0.1) is 30.5 Å². The third kappa shape index (κ3) is 2.87. The molecule has 25 heavy (non-hydrogen) atoms. The summed E-state index contributed by atoms with van der Waals surface area (Å²) >= 11 is 3.33. The maximum absolute atomic E-state index is 12.0. The summed E-state index contributed by atoms with van der Waals surface area (Å²) in [5, 5.41) is 13.5. The summed E-state index contributed by atoms with van der Waals surface area (Å²) < 4.78 is 16.5. The zero-order valence-electron chi connectivity index (χ0n) is 13.4. The fourth-order valence-electron chi connectivity index (χ4n) is 2.72. The number of methoxy groups -OCH3 is 2. The standard InChI is InChI=1S/C18H14BrNO5/c1-23-16-12(10-6-4-3-5-7-10)13(11-8-9-20-25-11)14(18(21)22)15(19)17(16)24-2/h3-9H,1-2H3,(H,21,22). The van der Waals surface area contributed by atoms with Crippen molar-refractivity contribution in [3.8, 4) is 33.9 Å². The number of aromatic carboxylic acids is 1. The van der Waals surface area contributed by atoms with Gasteiger partial charge in [-0.1, -0.05) is 35.5 Å². The molecule has 0 bridgehead atoms. The van der Waals surface area contributed by atoms with Gasteiger partial charge in [-0.25, -0.2) is 4.79 Å². The topological polar surface area (TPSA) is 81.8 Å². The second-order valence-corrected chi connectivity index (χ2v) is 5.85. The van der Waals surface area contributed by atoms with Crippen molar-refractivity contribution in [1.82, 2.24) is 5.16 Å². The van der Waals surface area contributed by atoms with E-state index in [1.54, 1.807) is 6.07 Å². The molecular weight excluding hydrogens is 390 g/mol. The molecule has 0 fully saturated rings. The lowest BCUT2D eigenvalue weighted by atomic mass is 9.92. The molecule has 1 N–H and O–H groups in total. The molecule has 0 saturated carbocycles. The van der Waals surface area contributed by atoms with Crippen molar-refractivity contribution < 1.29 is 23.9 Å². The Morgan fingerprint density at radius 3 is 2.28 bits per heavy atom. The van der Waals surface area contributed by atoms with Crippen LogP contribution in [0.25, 0.3) is 22.5 Å². The summed E-state index contributed by atoms with van der Waals surface area (Å²) in [6, 6.07) is 10.9. The maximum Gasteiger partial charge on any atom is 0.337 e. The zero-order valence-corrected chi connectivity index (χ0v) is 15.0. The van der Waals surface area contributed by atoms with Crippen LogP contribution < -0.4 is 9.47 Å². The normalized spacial score (nSPS) is 10.5. The monoisotopic (exact) mass is 403 g/mol. The van der Waals surface area contributed by atoms with Crippen LogP contribution in [0.5, 0.6) is 11.5 Å². The molecule has 0 saturated heterocycles. The van der Waals surface area contributed by atoms with E-state index in [1.807, 2.05) is 30.3 Å². The van der Waals surface area contributed by atoms with Crippen molar-refractivity contribution in [3.05, 3.63) is 52.6 Å². The van der Waals surface area contributed by atoms with Gasteiger partial charge in [-0.15, -0.1) is 0 Å². The fourth-order valence-corrected chi connectivity index (χ4v) is 3.43. The van der Waals surface area contributed by atoms with Gasteiger partial charge in [0.25, 0.3) is 0 Å². The first kappa shape index (κ1) is 17.0. The van der Waals surface area contributed by atoms with Crippen LogP contribution in [0.1, 0.15) is 10.4 Å². The van der Waals surface area contributed by atoms with Gasteiger partial charge < -0.3 is 19.1 Å². The van der Waals surface area contributed by atoms with Gasteiger partial charge >= 0.3 is 5.97 Å². The molecule has 3 rings (SSSR count). The summed E-state index contributed by atoms with van der Waals surface area (Å²) in [5.74, 6) is -0.117. The van der Waals surface area contributed by atoms with E-state index in [9.17, 15) is 9.90 Å². The predicted molar refractivity (Wildman–Crippen MR) is 95.1 cm³/mol. The Labute approximate surface area is 152 Å². The SMILES string of the molecule is COc1c(Br)c(C(=O)O)c(-c2ccno2)c(-c2ccccc2)c1OC. The van der Waals surface area contributed by atoms with Crippen molar-refractivity contribution in [2.45, 2.75) is 0 Å². The Balaban J connectivity index is 2.53. The van der Waals surface area contributed by atoms with E-state index in [4.69, 9.17) is 14.0 Å². The molecule has 1 aromatic heterocycles. The third-order valence-corrected chi connectivity index (χ3v) is 4.48. The van der Waals surface area contributed by atoms with E-state index in [0.29, 0.717) is 28.4 Å². The van der Waals surface area contributed by atoms with Crippen LogP contribution in [0.2, 0.25) is 0 Å². The highest BCUT2D eigenvalue weighted by Gasteiger charge is 2.30. The van der Waals surface area contributed by atoms with Gasteiger partial charge in [0.15, 0.2) is 17.3 Å². The average Bonchev–Trinajstić information content (AvgIpc) is 3.15. The highest BCUT2D eigenvalue weighted by Crippen LogP contribution is 2.51. The smallest absolute Gasteiger partial charge is 0.337 e. The highest BCUT2D eigenvalue weighted by atomic mass is 79.9. The van der Waals surface area contributed by atoms with E-state index in [0.717, 1.165) is 5.56 Å². The molecule has 0 spiro atoms. The molecule has 7 heteroatoms. The number of carboxylic acids is 1. The first-order chi connectivity index (χ1) is 12.1. The van der Waals surface area contributed by atoms with Crippen LogP contribution in [0, 0.1) is 0 Å². The third-order valence-electron chi connectivity index (χ3n) is 3.72. The van der Waals surface area contributed by atoms with Gasteiger partial charge in [-0.2, -0.15) is 0 Å². The van der Waals surface area contributed by atoms with Crippen molar-refractivity contribution in [3.63, 3.8) is 0 Å². The van der Waals surface area contributed by atoms with E-state index in [2.05, 4.69) is 21.1 Å². The van der Waals surface area contributed by atoms with Crippen LogP contribution in [0.15, 0.2) is 51.6 Å². The van der Waals surface area contributed by atoms with Crippen LogP contribution >= 0.6 is 15.9 Å². The molecule has 6 nitrogen and oxygen atoms in total. The molecule has 0 radical (unpaired) electrons. The first-order valence-corrected chi connectivity index (χ1v) is 8.06. The Morgan fingerprint density at radius 1 is 1.08 bits per heavy atom. The van der Waals surface area contributed by atoms with Crippen molar-refractivity contribution in [2.75, 3.05) is 14.2 Å². The number of halogens is 1. The molecule has 0 aliphatic rings. The summed E-state index contributed by atoms with van der Waals surface area (Å²) in [7, 11) is 2.96. The molecule has 0 aliphatic heterocycles. The summed E-state index contributed by atoms with van der Waals surface area (Å²) in [5.41, 5.74) is 1.69. The molecule has 0 aliphatic carbocycles. The first-order valence-electron chi connectivity index (χ1n) is 7.27. The quantitative estimate of drug-likeness (QED) is 0.675. The van der Waals surface area contributed by atoms with Crippen LogP contribution in [0.3, 0.4) is 0 Å². The molecule has 0 unspecified atom stereocenters. The number of hydrogen-bond donors (Lipinski definition) is 1. The minimum atomic E-state index is -1.13. The molecule has 128 valence electrons. The van der Waals surface area contributed by atoms with Gasteiger partial charge in [0.2, 0.25) is 0 Å². The van der Waals surface area contributed by atoms with Crippen LogP contribution in [-0.2, 0) is 0 Å². The lowest BCUT2D eigenvalue weighted by Gasteiger charge is -2.20. The highest BCUT2D eigenvalue weighted by molar-refractivity contribution is 9.10. The van der Waals surface area contributed by atoms with E-state index >= 15 is 0 Å². The number of aromatic nitrogens is 1. The molecular formula is C18H14BrNO5. The summed E-state index contributed by atoms with van der Waals surface area (Å²) in [6.45, 7) is 0. The second kappa shape index (κ2) is 6.98. The van der Waals surface area contributed by atoms with Crippen LogP contribution in [0.4, 0.5) is 0 Å². The fraction of sp³-hybridized carbons (Fsp3) is 0.111. The van der Waals surface area contributed by atoms with Gasteiger partial charge in [-0.05, 0) is 21.5 Å². The molecule has 0 atom stereocenters. The lowest BCUT2D eigenvalue weighted by Crippen LogP contribution is -2.07. The van der Waals surface area contributed by atoms with Crippen molar-refractivity contribution in [2.24, 2.45) is 0 Å². The molecule has 0 amide bonds. The molecule has 1 heterocycles. The van der Waals surface area contributed by atoms with E-state index in [1.165, 1.54) is 20.4 Å². The molecule has 2 aromatic carbocycles. The Bertz CT molecular complexity index is 907. The van der Waals surface area contributed by atoms with Gasteiger partial charge in [-0.3, -0.25) is 0 Å². The summed E-state index contributed by atoms with van der Waals surface area (Å²) in [4.78, 5) is 12.0. The van der Waals surface area contributed by atoms with E-state index in [-0.39, 0.29) is 10.0 Å². The maximum atomic E-state index is 12.0. The number of benzene rings is 2.